The Labute approximate surface area is 173 Å². The van der Waals surface area contributed by atoms with E-state index in [2.05, 4.69) is 24.3 Å². The molecule has 0 atom stereocenters. The van der Waals surface area contributed by atoms with Crippen molar-refractivity contribution < 1.29 is 9.47 Å². The van der Waals surface area contributed by atoms with E-state index in [1.54, 1.807) is 0 Å². The molecule has 3 aromatic carbocycles. The lowest BCUT2D eigenvalue weighted by atomic mass is 10.3. The summed E-state index contributed by atoms with van der Waals surface area (Å²) in [6.45, 7) is 0. The largest absolute Gasteiger partial charge is 0.456 e. The highest BCUT2D eigenvalue weighted by Gasteiger charge is 2.09. The van der Waals surface area contributed by atoms with Crippen LogP contribution in [0.5, 0.6) is 23.0 Å². The summed E-state index contributed by atoms with van der Waals surface area (Å²) in [5, 5.41) is 0. The fourth-order valence-corrected chi connectivity index (χ4v) is 5.77. The molecule has 0 radical (unpaired) electrons. The highest BCUT2D eigenvalue weighted by atomic mass is 32.2. The lowest BCUT2D eigenvalue weighted by Crippen LogP contribution is -1.91. The van der Waals surface area contributed by atoms with Gasteiger partial charge in [0.25, 0.3) is 0 Å². The van der Waals surface area contributed by atoms with Gasteiger partial charge in [0.1, 0.15) is 23.0 Å². The van der Waals surface area contributed by atoms with Crippen molar-refractivity contribution in [1.82, 2.24) is 0 Å². The number of hydrogen-bond donors (Lipinski definition) is 0. The van der Waals surface area contributed by atoms with Gasteiger partial charge in [-0.25, -0.2) is 0 Å². The molecule has 2 bridgehead atoms. The fraction of sp³-hybridized carbons (Fsp3) is 0.182. The second-order valence-electron chi connectivity index (χ2n) is 5.88. The van der Waals surface area contributed by atoms with Crippen molar-refractivity contribution in [2.75, 3.05) is 23.0 Å². The Morgan fingerprint density at radius 1 is 0.519 bits per heavy atom. The van der Waals surface area contributed by atoms with E-state index in [4.69, 9.17) is 9.47 Å². The minimum atomic E-state index is 0.816. The van der Waals surface area contributed by atoms with Crippen LogP contribution in [0.25, 0.3) is 0 Å². The van der Waals surface area contributed by atoms with Crippen molar-refractivity contribution in [3.63, 3.8) is 0 Å². The Morgan fingerprint density at radius 3 is 1.44 bits per heavy atom. The summed E-state index contributed by atoms with van der Waals surface area (Å²) in [5.74, 6) is 7.87. The molecule has 2 aliphatic heterocycles. The summed E-state index contributed by atoms with van der Waals surface area (Å²) in [5.41, 5.74) is 0. The summed E-state index contributed by atoms with van der Waals surface area (Å²) in [7, 11) is 0. The molecular formula is C22H20O2S3. The fourth-order valence-electron chi connectivity index (χ4n) is 2.66. The van der Waals surface area contributed by atoms with Gasteiger partial charge in [-0.05, 0) is 48.5 Å². The number of para-hydroxylation sites is 2. The Morgan fingerprint density at radius 2 is 0.963 bits per heavy atom. The Hall–Kier alpha value is -1.69. The van der Waals surface area contributed by atoms with E-state index < -0.39 is 0 Å². The SMILES string of the molecule is c1ccc2c(c1)Oc1ccc(cc1)Oc1ccccc1SCCSCCS2. The zero-order valence-corrected chi connectivity index (χ0v) is 17.2. The molecule has 2 nitrogen and oxygen atoms in total. The molecule has 5 heteroatoms. The zero-order chi connectivity index (χ0) is 18.3. The predicted octanol–water partition coefficient (Wildman–Crippen LogP) is 7.20. The number of fused-ring (bicyclic) bond motifs is 8. The third-order valence-corrected chi connectivity index (χ3v) is 7.56. The maximum Gasteiger partial charge on any atom is 0.140 e. The summed E-state index contributed by atoms with van der Waals surface area (Å²) in [6, 6.07) is 24.3. The van der Waals surface area contributed by atoms with E-state index >= 15 is 0 Å². The average molecular weight is 413 g/mol. The maximum atomic E-state index is 6.12. The molecule has 3 aromatic rings. The van der Waals surface area contributed by atoms with Gasteiger partial charge < -0.3 is 9.47 Å². The molecule has 27 heavy (non-hydrogen) atoms. The lowest BCUT2D eigenvalue weighted by Gasteiger charge is -2.12. The van der Waals surface area contributed by atoms with Crippen LogP contribution >= 0.6 is 35.3 Å². The van der Waals surface area contributed by atoms with Crippen molar-refractivity contribution in [1.29, 1.82) is 0 Å². The van der Waals surface area contributed by atoms with E-state index in [1.807, 2.05) is 83.8 Å². The normalized spacial score (nSPS) is 15.0. The number of benzene rings is 3. The van der Waals surface area contributed by atoms with Gasteiger partial charge in [0, 0.05) is 23.0 Å². The van der Waals surface area contributed by atoms with Crippen molar-refractivity contribution in [2.45, 2.75) is 9.79 Å². The number of thioether (sulfide) groups is 3. The first-order valence-electron chi connectivity index (χ1n) is 8.86. The lowest BCUT2D eigenvalue weighted by molar-refractivity contribution is 0.458. The first-order valence-corrected chi connectivity index (χ1v) is 12.0. The minimum Gasteiger partial charge on any atom is -0.456 e. The third kappa shape index (κ3) is 5.18. The van der Waals surface area contributed by atoms with Crippen molar-refractivity contribution in [3.05, 3.63) is 72.8 Å². The standard InChI is InChI=1S/C22H20O2S3/c1-3-7-21-19(5-1)23-17-9-11-18(12-10-17)24-20-6-2-4-8-22(20)27-16-14-25-13-15-26-21/h1-12H,13-16H2. The molecule has 0 saturated heterocycles. The van der Waals surface area contributed by atoms with E-state index in [0.717, 1.165) is 46.0 Å². The average Bonchev–Trinajstić information content (AvgIpc) is 2.71. The first-order chi connectivity index (χ1) is 13.4. The van der Waals surface area contributed by atoms with Crippen molar-refractivity contribution in [3.8, 4) is 23.0 Å². The molecule has 0 N–H and O–H groups in total. The van der Waals surface area contributed by atoms with Crippen LogP contribution in [0.4, 0.5) is 0 Å². The molecule has 0 unspecified atom stereocenters. The van der Waals surface area contributed by atoms with Crippen molar-refractivity contribution >= 4 is 35.3 Å². The van der Waals surface area contributed by atoms with Gasteiger partial charge >= 0.3 is 0 Å². The Bertz CT molecular complexity index is 808. The van der Waals surface area contributed by atoms with Crippen LogP contribution in [0, 0.1) is 0 Å². The first kappa shape index (κ1) is 18.7. The maximum absolute atomic E-state index is 6.12. The molecule has 0 aromatic heterocycles. The van der Waals surface area contributed by atoms with Gasteiger partial charge in [0.2, 0.25) is 0 Å². The molecule has 2 heterocycles. The second kappa shape index (κ2) is 9.49. The highest BCUT2D eigenvalue weighted by molar-refractivity contribution is 8.04. The van der Waals surface area contributed by atoms with E-state index in [1.165, 1.54) is 9.79 Å². The van der Waals surface area contributed by atoms with Gasteiger partial charge in [0.15, 0.2) is 0 Å². The monoisotopic (exact) mass is 412 g/mol. The van der Waals surface area contributed by atoms with Crippen LogP contribution in [0.3, 0.4) is 0 Å². The van der Waals surface area contributed by atoms with E-state index in [0.29, 0.717) is 0 Å². The van der Waals surface area contributed by atoms with Gasteiger partial charge in [-0.2, -0.15) is 11.8 Å². The predicted molar refractivity (Wildman–Crippen MR) is 118 cm³/mol. The van der Waals surface area contributed by atoms with Gasteiger partial charge in [-0.1, -0.05) is 24.3 Å². The summed E-state index contributed by atoms with van der Waals surface area (Å²) >= 11 is 5.71. The molecule has 5 rings (SSSR count). The number of rotatable bonds is 0. The third-order valence-electron chi connectivity index (χ3n) is 3.95. The van der Waals surface area contributed by atoms with Gasteiger partial charge in [-0.3, -0.25) is 0 Å². The molecule has 0 aliphatic carbocycles. The van der Waals surface area contributed by atoms with Crippen LogP contribution in [0.2, 0.25) is 0 Å². The van der Waals surface area contributed by atoms with Crippen LogP contribution in [0.15, 0.2) is 82.6 Å². The second-order valence-corrected chi connectivity index (χ2v) is 9.38. The van der Waals surface area contributed by atoms with Crippen LogP contribution in [-0.2, 0) is 0 Å². The van der Waals surface area contributed by atoms with Crippen LogP contribution in [-0.4, -0.2) is 23.0 Å². The number of hydrogen-bond acceptors (Lipinski definition) is 5. The molecule has 0 amide bonds. The van der Waals surface area contributed by atoms with E-state index in [-0.39, 0.29) is 0 Å². The highest BCUT2D eigenvalue weighted by Crippen LogP contribution is 2.36. The van der Waals surface area contributed by atoms with Crippen LogP contribution < -0.4 is 9.47 Å². The Kier molecular flexibility index (Phi) is 6.56. The molecule has 138 valence electrons. The molecule has 0 saturated carbocycles. The summed E-state index contributed by atoms with van der Waals surface area (Å²) in [4.78, 5) is 2.37. The van der Waals surface area contributed by atoms with Gasteiger partial charge in [0.05, 0.1) is 9.79 Å². The van der Waals surface area contributed by atoms with E-state index in [9.17, 15) is 0 Å². The topological polar surface area (TPSA) is 18.5 Å². The minimum absolute atomic E-state index is 0.816. The number of ether oxygens (including phenoxy) is 2. The van der Waals surface area contributed by atoms with Crippen molar-refractivity contribution in [2.24, 2.45) is 0 Å². The molecular weight excluding hydrogens is 392 g/mol. The van der Waals surface area contributed by atoms with Gasteiger partial charge in [-0.15, -0.1) is 23.5 Å². The smallest absolute Gasteiger partial charge is 0.140 e. The summed E-state index contributed by atoms with van der Waals surface area (Å²) in [6.07, 6.45) is 0. The Balaban J connectivity index is 1.60. The summed E-state index contributed by atoms with van der Waals surface area (Å²) < 4.78 is 12.2. The molecule has 0 fully saturated rings. The zero-order valence-electron chi connectivity index (χ0n) is 14.8. The van der Waals surface area contributed by atoms with Crippen LogP contribution in [0.1, 0.15) is 0 Å². The molecule has 2 aliphatic rings. The molecule has 0 spiro atoms. The quantitative estimate of drug-likeness (QED) is 0.387.